The predicted molar refractivity (Wildman–Crippen MR) is 76.4 cm³/mol. The number of carbonyl (C=O) groups is 3. The van der Waals surface area contributed by atoms with Crippen molar-refractivity contribution in [1.82, 2.24) is 5.32 Å². The summed E-state index contributed by atoms with van der Waals surface area (Å²) < 4.78 is 18.1. The average molecular weight is 326 g/mol. The largest absolute Gasteiger partial charge is 0.479 e. The van der Waals surface area contributed by atoms with Crippen molar-refractivity contribution in [3.63, 3.8) is 0 Å². The maximum atomic E-state index is 13.4. The van der Waals surface area contributed by atoms with E-state index in [1.54, 1.807) is 0 Å². The molecule has 0 saturated carbocycles. The van der Waals surface area contributed by atoms with Crippen molar-refractivity contribution in [1.29, 1.82) is 0 Å². The SMILES string of the molecule is CCOC(=O)C(Cc1cc(F)ccc1N=O)(NC(C)=O)C(=O)O. The molecule has 0 aromatic heterocycles. The van der Waals surface area contributed by atoms with E-state index in [1.165, 1.54) is 6.92 Å². The van der Waals surface area contributed by atoms with Crippen molar-refractivity contribution in [3.05, 3.63) is 34.5 Å². The van der Waals surface area contributed by atoms with Crippen LogP contribution in [0.25, 0.3) is 0 Å². The normalized spacial score (nSPS) is 12.8. The highest BCUT2D eigenvalue weighted by Gasteiger charge is 2.49. The van der Waals surface area contributed by atoms with Crippen LogP contribution in [0.5, 0.6) is 0 Å². The molecule has 1 aromatic carbocycles. The number of carboxylic acid groups (broad SMARTS) is 1. The van der Waals surface area contributed by atoms with Crippen molar-refractivity contribution in [2.24, 2.45) is 5.18 Å². The molecular weight excluding hydrogens is 311 g/mol. The molecule has 0 aliphatic carbocycles. The molecule has 2 N–H and O–H groups in total. The number of rotatable bonds is 7. The Balaban J connectivity index is 3.42. The van der Waals surface area contributed by atoms with Gasteiger partial charge in [-0.1, -0.05) is 0 Å². The van der Waals surface area contributed by atoms with Crippen molar-refractivity contribution in [2.75, 3.05) is 6.61 Å². The fraction of sp³-hybridized carbons (Fsp3) is 0.357. The number of amides is 1. The van der Waals surface area contributed by atoms with Gasteiger partial charge in [-0.15, -0.1) is 4.91 Å². The van der Waals surface area contributed by atoms with E-state index in [9.17, 15) is 28.8 Å². The van der Waals surface area contributed by atoms with Gasteiger partial charge in [0, 0.05) is 13.3 Å². The fourth-order valence-corrected chi connectivity index (χ4v) is 2.01. The number of benzene rings is 1. The van der Waals surface area contributed by atoms with Gasteiger partial charge >= 0.3 is 11.9 Å². The molecule has 0 radical (unpaired) electrons. The third-order valence-corrected chi connectivity index (χ3v) is 2.97. The summed E-state index contributed by atoms with van der Waals surface area (Å²) in [5.74, 6) is -4.49. The Morgan fingerprint density at radius 2 is 2.04 bits per heavy atom. The maximum Gasteiger partial charge on any atom is 0.344 e. The van der Waals surface area contributed by atoms with Crippen molar-refractivity contribution in [3.8, 4) is 0 Å². The molecule has 8 nitrogen and oxygen atoms in total. The second kappa shape index (κ2) is 7.43. The van der Waals surface area contributed by atoms with Crippen LogP contribution < -0.4 is 5.32 Å². The number of ether oxygens (including phenoxy) is 1. The summed E-state index contributed by atoms with van der Waals surface area (Å²) in [5.41, 5.74) is -2.88. The summed E-state index contributed by atoms with van der Waals surface area (Å²) in [6.45, 7) is 2.34. The summed E-state index contributed by atoms with van der Waals surface area (Å²) in [4.78, 5) is 45.9. The standard InChI is InChI=1S/C14H15FN2O6/c1-3-23-13(21)14(12(19)20,16-8(2)18)7-9-6-10(15)4-5-11(9)17-22/h4-6H,3,7H2,1-2H3,(H,16,18)(H,19,20). The van der Waals surface area contributed by atoms with Gasteiger partial charge in [-0.2, -0.15) is 0 Å². The zero-order chi connectivity index (χ0) is 17.6. The zero-order valence-electron chi connectivity index (χ0n) is 12.5. The molecule has 23 heavy (non-hydrogen) atoms. The third-order valence-electron chi connectivity index (χ3n) is 2.97. The molecule has 1 unspecified atom stereocenters. The minimum Gasteiger partial charge on any atom is -0.479 e. The van der Waals surface area contributed by atoms with Gasteiger partial charge in [-0.25, -0.2) is 14.0 Å². The van der Waals surface area contributed by atoms with Crippen LogP contribution in [0.3, 0.4) is 0 Å². The van der Waals surface area contributed by atoms with E-state index in [1.807, 2.05) is 5.32 Å². The topological polar surface area (TPSA) is 122 Å². The van der Waals surface area contributed by atoms with Crippen molar-refractivity contribution in [2.45, 2.75) is 25.8 Å². The minimum absolute atomic E-state index is 0.130. The highest BCUT2D eigenvalue weighted by molar-refractivity contribution is 6.07. The second-order valence-electron chi connectivity index (χ2n) is 4.65. The average Bonchev–Trinajstić information content (AvgIpc) is 2.46. The molecule has 1 aromatic rings. The number of aliphatic carboxylic acids is 1. The second-order valence-corrected chi connectivity index (χ2v) is 4.65. The molecule has 124 valence electrons. The van der Waals surface area contributed by atoms with Crippen LogP contribution in [0.1, 0.15) is 19.4 Å². The molecule has 1 rings (SSSR count). The molecule has 0 heterocycles. The molecule has 1 amide bonds. The number of nitrogens with one attached hydrogen (secondary N) is 1. The van der Waals surface area contributed by atoms with Gasteiger partial charge < -0.3 is 15.2 Å². The first kappa shape index (κ1) is 18.2. The van der Waals surface area contributed by atoms with E-state index >= 15 is 0 Å². The van der Waals surface area contributed by atoms with Gasteiger partial charge in [0.1, 0.15) is 11.5 Å². The number of nitrogens with zero attached hydrogens (tertiary/aromatic N) is 1. The van der Waals surface area contributed by atoms with Gasteiger partial charge in [0.25, 0.3) is 0 Å². The number of nitroso groups, excluding NO2 is 1. The summed E-state index contributed by atoms with van der Waals surface area (Å²) in [6.07, 6.45) is -0.695. The molecule has 0 saturated heterocycles. The summed E-state index contributed by atoms with van der Waals surface area (Å²) in [7, 11) is 0. The van der Waals surface area contributed by atoms with Crippen molar-refractivity contribution < 1.29 is 28.6 Å². The fourth-order valence-electron chi connectivity index (χ4n) is 2.01. The predicted octanol–water partition coefficient (Wildman–Crippen LogP) is 1.29. The Labute approximate surface area is 130 Å². The molecular formula is C14H15FN2O6. The number of hydrogen-bond donors (Lipinski definition) is 2. The van der Waals surface area contributed by atoms with Gasteiger partial charge in [-0.3, -0.25) is 4.79 Å². The van der Waals surface area contributed by atoms with Crippen LogP contribution in [0.4, 0.5) is 10.1 Å². The van der Waals surface area contributed by atoms with Gasteiger partial charge in [0.2, 0.25) is 11.4 Å². The number of hydrogen-bond acceptors (Lipinski definition) is 6. The smallest absolute Gasteiger partial charge is 0.344 e. The first-order valence-corrected chi connectivity index (χ1v) is 6.58. The van der Waals surface area contributed by atoms with Gasteiger partial charge in [0.05, 0.1) is 6.61 Å². The molecule has 0 fully saturated rings. The summed E-state index contributed by atoms with van der Waals surface area (Å²) >= 11 is 0. The Hall–Kier alpha value is -2.84. The van der Waals surface area contributed by atoms with E-state index in [2.05, 4.69) is 5.18 Å². The lowest BCUT2D eigenvalue weighted by Crippen LogP contribution is -2.61. The quantitative estimate of drug-likeness (QED) is 0.442. The highest BCUT2D eigenvalue weighted by Crippen LogP contribution is 2.26. The van der Waals surface area contributed by atoms with E-state index in [-0.39, 0.29) is 17.9 Å². The molecule has 0 aliphatic rings. The first-order valence-electron chi connectivity index (χ1n) is 6.58. The Morgan fingerprint density at radius 1 is 1.39 bits per heavy atom. The lowest BCUT2D eigenvalue weighted by molar-refractivity contribution is -0.164. The van der Waals surface area contributed by atoms with Gasteiger partial charge in [-0.05, 0) is 35.9 Å². The monoisotopic (exact) mass is 326 g/mol. The molecule has 0 bridgehead atoms. The zero-order valence-corrected chi connectivity index (χ0v) is 12.5. The lowest BCUT2D eigenvalue weighted by Gasteiger charge is -2.28. The Morgan fingerprint density at radius 3 is 2.52 bits per heavy atom. The summed E-state index contributed by atoms with van der Waals surface area (Å²) in [6, 6.07) is 2.88. The van der Waals surface area contributed by atoms with Gasteiger partial charge in [0.15, 0.2) is 0 Å². The summed E-state index contributed by atoms with van der Waals surface area (Å²) in [5, 5.41) is 14.1. The number of carboxylic acids is 1. The van der Waals surface area contributed by atoms with Crippen LogP contribution >= 0.6 is 0 Å². The molecule has 9 heteroatoms. The highest BCUT2D eigenvalue weighted by atomic mass is 19.1. The van der Waals surface area contributed by atoms with E-state index < -0.39 is 35.6 Å². The Kier molecular flexibility index (Phi) is 5.88. The van der Waals surface area contributed by atoms with Crippen LogP contribution in [0, 0.1) is 10.7 Å². The van der Waals surface area contributed by atoms with Crippen LogP contribution in [0.2, 0.25) is 0 Å². The number of esters is 1. The molecule has 0 spiro atoms. The van der Waals surface area contributed by atoms with Crippen molar-refractivity contribution >= 4 is 23.5 Å². The van der Waals surface area contributed by atoms with Crippen LogP contribution in [-0.2, 0) is 25.5 Å². The molecule has 0 aliphatic heterocycles. The Bertz CT molecular complexity index is 648. The van der Waals surface area contributed by atoms with E-state index in [0.717, 1.165) is 25.1 Å². The van der Waals surface area contributed by atoms with E-state index in [0.29, 0.717) is 0 Å². The maximum absolute atomic E-state index is 13.4. The first-order chi connectivity index (χ1) is 10.8. The molecule has 1 atom stereocenters. The number of halogens is 1. The minimum atomic E-state index is -2.49. The lowest BCUT2D eigenvalue weighted by atomic mass is 9.89. The van der Waals surface area contributed by atoms with Crippen LogP contribution in [0.15, 0.2) is 23.4 Å². The third kappa shape index (κ3) is 4.09. The van der Waals surface area contributed by atoms with Crippen LogP contribution in [-0.4, -0.2) is 35.1 Å². The van der Waals surface area contributed by atoms with E-state index in [4.69, 9.17) is 4.74 Å². The number of carbonyl (C=O) groups excluding carboxylic acids is 2.